The summed E-state index contributed by atoms with van der Waals surface area (Å²) in [5, 5.41) is 22.2. The number of pyridine rings is 1. The number of fused-ring (bicyclic) bond motifs is 3. The van der Waals surface area contributed by atoms with Gasteiger partial charge in [0.1, 0.15) is 23.2 Å². The minimum Gasteiger partial charge on any atom is -0.508 e. The van der Waals surface area contributed by atoms with Gasteiger partial charge in [-0.2, -0.15) is 5.26 Å². The van der Waals surface area contributed by atoms with Crippen LogP contribution in [-0.4, -0.2) is 16.0 Å². The molecule has 0 spiro atoms. The molecule has 4 rings (SSSR count). The van der Waals surface area contributed by atoms with Gasteiger partial charge in [-0.3, -0.25) is 4.79 Å². The summed E-state index contributed by atoms with van der Waals surface area (Å²) in [6.45, 7) is 1.45. The molecule has 4 N–H and O–H groups in total. The van der Waals surface area contributed by atoms with Gasteiger partial charge in [0.05, 0.1) is 5.69 Å². The van der Waals surface area contributed by atoms with Gasteiger partial charge in [0.25, 0.3) is 0 Å². The van der Waals surface area contributed by atoms with Gasteiger partial charge in [0, 0.05) is 30.2 Å². The highest BCUT2D eigenvalue weighted by molar-refractivity contribution is 5.91. The van der Waals surface area contributed by atoms with Crippen LogP contribution in [0.2, 0.25) is 0 Å². The number of nitrogens with zero attached hydrogens (tertiary/aromatic N) is 2. The Morgan fingerprint density at radius 2 is 2.00 bits per heavy atom. The summed E-state index contributed by atoms with van der Waals surface area (Å²) in [4.78, 5) is 15.7. The summed E-state index contributed by atoms with van der Waals surface area (Å²) in [6.07, 6.45) is 0.559. The number of rotatable bonds is 2. The van der Waals surface area contributed by atoms with Crippen LogP contribution >= 0.6 is 0 Å². The number of nitrogen functional groups attached to an aromatic ring is 1. The van der Waals surface area contributed by atoms with Gasteiger partial charge in [0.15, 0.2) is 0 Å². The molecule has 0 radical (unpaired) electrons. The van der Waals surface area contributed by atoms with E-state index in [4.69, 9.17) is 5.73 Å². The van der Waals surface area contributed by atoms with Crippen molar-refractivity contribution in [2.75, 3.05) is 11.1 Å². The number of benzene rings is 2. The molecule has 0 aliphatic heterocycles. The normalized spacial score (nSPS) is 11.4. The number of amides is 1. The Morgan fingerprint density at radius 3 is 2.67 bits per heavy atom. The molecule has 2 aromatic carbocycles. The zero-order valence-electron chi connectivity index (χ0n) is 14.6. The number of aromatic hydroxyl groups is 1. The summed E-state index contributed by atoms with van der Waals surface area (Å²) in [6, 6.07) is 14.6. The van der Waals surface area contributed by atoms with Crippen molar-refractivity contribution in [2.24, 2.45) is 0 Å². The Labute approximate surface area is 155 Å². The van der Waals surface area contributed by atoms with Crippen molar-refractivity contribution in [3.05, 3.63) is 59.2 Å². The first kappa shape index (κ1) is 16.6. The maximum absolute atomic E-state index is 11.2. The molecule has 6 heteroatoms. The van der Waals surface area contributed by atoms with Gasteiger partial charge < -0.3 is 16.2 Å². The van der Waals surface area contributed by atoms with Gasteiger partial charge in [-0.1, -0.05) is 12.1 Å². The fraction of sp³-hybridized carbons (Fsp3) is 0.0952. The number of nitrogens with one attached hydrogen (secondary N) is 1. The van der Waals surface area contributed by atoms with Crippen molar-refractivity contribution in [3.63, 3.8) is 0 Å². The first-order chi connectivity index (χ1) is 13.0. The van der Waals surface area contributed by atoms with E-state index in [1.807, 2.05) is 18.2 Å². The fourth-order valence-corrected chi connectivity index (χ4v) is 3.54. The minimum absolute atomic E-state index is 0.148. The molecule has 0 atom stereocenters. The lowest BCUT2D eigenvalue weighted by molar-refractivity contribution is -0.114. The highest BCUT2D eigenvalue weighted by Gasteiger charge is 2.27. The van der Waals surface area contributed by atoms with Crippen molar-refractivity contribution < 1.29 is 9.90 Å². The molecule has 27 heavy (non-hydrogen) atoms. The lowest BCUT2D eigenvalue weighted by Gasteiger charge is -2.13. The Kier molecular flexibility index (Phi) is 3.78. The number of nitriles is 1. The molecule has 0 saturated carbocycles. The molecule has 3 aromatic rings. The van der Waals surface area contributed by atoms with E-state index in [1.54, 1.807) is 24.3 Å². The van der Waals surface area contributed by atoms with E-state index in [0.717, 1.165) is 33.5 Å². The minimum atomic E-state index is -0.148. The monoisotopic (exact) mass is 356 g/mol. The summed E-state index contributed by atoms with van der Waals surface area (Å²) in [5.41, 5.74) is 12.2. The summed E-state index contributed by atoms with van der Waals surface area (Å²) in [5.74, 6) is 0.221. The Morgan fingerprint density at radius 1 is 1.26 bits per heavy atom. The number of carbonyl (C=O) groups excluding carboxylic acids is 1. The maximum atomic E-state index is 11.2. The smallest absolute Gasteiger partial charge is 0.221 e. The molecule has 0 unspecified atom stereocenters. The van der Waals surface area contributed by atoms with E-state index >= 15 is 0 Å². The second-order valence-corrected chi connectivity index (χ2v) is 6.46. The highest BCUT2D eigenvalue weighted by Crippen LogP contribution is 2.44. The topological polar surface area (TPSA) is 112 Å². The van der Waals surface area contributed by atoms with Gasteiger partial charge in [-0.05, 0) is 47.0 Å². The van der Waals surface area contributed by atoms with Crippen molar-refractivity contribution in [3.8, 4) is 34.2 Å². The summed E-state index contributed by atoms with van der Waals surface area (Å²) in [7, 11) is 0. The van der Waals surface area contributed by atoms with E-state index < -0.39 is 0 Å². The molecule has 1 amide bonds. The lowest BCUT2D eigenvalue weighted by Crippen LogP contribution is -2.05. The number of hydrogen-bond donors (Lipinski definition) is 3. The second-order valence-electron chi connectivity index (χ2n) is 6.46. The standard InChI is InChI=1S/C21H16N4O2/c1-11(26)24-14-4-2-12(3-5-14)19-17-9-13-8-15(27)6-7-16(13)20(17)25-21(23)18(19)10-22/h2-8,27H,9H2,1H3,(H2,23,25)(H,24,26). The molecule has 1 aromatic heterocycles. The van der Waals surface area contributed by atoms with Crippen molar-refractivity contribution >= 4 is 17.4 Å². The van der Waals surface area contributed by atoms with Crippen LogP contribution in [0.15, 0.2) is 42.5 Å². The van der Waals surface area contributed by atoms with Crippen LogP contribution < -0.4 is 11.1 Å². The van der Waals surface area contributed by atoms with Crippen LogP contribution in [0.5, 0.6) is 5.75 Å². The average Bonchev–Trinajstić information content (AvgIpc) is 2.97. The van der Waals surface area contributed by atoms with Gasteiger partial charge in [-0.15, -0.1) is 0 Å². The Balaban J connectivity index is 1.90. The van der Waals surface area contributed by atoms with E-state index in [9.17, 15) is 15.2 Å². The van der Waals surface area contributed by atoms with E-state index in [0.29, 0.717) is 17.7 Å². The largest absolute Gasteiger partial charge is 0.508 e. The van der Waals surface area contributed by atoms with Gasteiger partial charge in [-0.25, -0.2) is 4.98 Å². The number of phenolic OH excluding ortho intramolecular Hbond substituents is 1. The molecule has 0 saturated heterocycles. The number of aromatic nitrogens is 1. The first-order valence-electron chi connectivity index (χ1n) is 8.40. The van der Waals surface area contributed by atoms with Gasteiger partial charge >= 0.3 is 0 Å². The molecular formula is C21H16N4O2. The molecule has 1 aliphatic rings. The van der Waals surface area contributed by atoms with Crippen LogP contribution in [0.1, 0.15) is 23.6 Å². The number of hydrogen-bond acceptors (Lipinski definition) is 5. The fourth-order valence-electron chi connectivity index (χ4n) is 3.54. The zero-order valence-corrected chi connectivity index (χ0v) is 14.6. The quantitative estimate of drug-likeness (QED) is 0.509. The summed E-state index contributed by atoms with van der Waals surface area (Å²) >= 11 is 0. The first-order valence-corrected chi connectivity index (χ1v) is 8.40. The molecule has 0 fully saturated rings. The molecular weight excluding hydrogens is 340 g/mol. The Hall–Kier alpha value is -3.85. The number of anilines is 2. The van der Waals surface area contributed by atoms with Gasteiger partial charge in [0.2, 0.25) is 5.91 Å². The second kappa shape index (κ2) is 6.15. The number of phenols is 1. The van der Waals surface area contributed by atoms with E-state index in [-0.39, 0.29) is 17.5 Å². The molecule has 6 nitrogen and oxygen atoms in total. The third-order valence-corrected chi connectivity index (χ3v) is 4.64. The summed E-state index contributed by atoms with van der Waals surface area (Å²) < 4.78 is 0. The van der Waals surface area contributed by atoms with E-state index in [1.165, 1.54) is 6.92 Å². The Bertz CT molecular complexity index is 1130. The number of carbonyl (C=O) groups is 1. The predicted molar refractivity (Wildman–Crippen MR) is 103 cm³/mol. The number of nitrogens with two attached hydrogens (primary N) is 1. The van der Waals surface area contributed by atoms with Crippen LogP contribution in [0.3, 0.4) is 0 Å². The molecule has 1 aliphatic carbocycles. The average molecular weight is 356 g/mol. The van der Waals surface area contributed by atoms with Crippen molar-refractivity contribution in [1.29, 1.82) is 5.26 Å². The molecule has 0 bridgehead atoms. The van der Waals surface area contributed by atoms with Crippen molar-refractivity contribution in [1.82, 2.24) is 4.98 Å². The van der Waals surface area contributed by atoms with Crippen LogP contribution in [0.4, 0.5) is 11.5 Å². The molecule has 1 heterocycles. The van der Waals surface area contributed by atoms with Crippen LogP contribution in [0, 0.1) is 11.3 Å². The van der Waals surface area contributed by atoms with Crippen molar-refractivity contribution in [2.45, 2.75) is 13.3 Å². The van der Waals surface area contributed by atoms with Crippen LogP contribution in [-0.2, 0) is 11.2 Å². The maximum Gasteiger partial charge on any atom is 0.221 e. The lowest BCUT2D eigenvalue weighted by atomic mass is 9.94. The third-order valence-electron chi connectivity index (χ3n) is 4.64. The molecule has 132 valence electrons. The highest BCUT2D eigenvalue weighted by atomic mass is 16.3. The third kappa shape index (κ3) is 2.75. The van der Waals surface area contributed by atoms with E-state index in [2.05, 4.69) is 16.4 Å². The predicted octanol–water partition coefficient (Wildman–Crippen LogP) is 3.44. The zero-order chi connectivity index (χ0) is 19.1. The van der Waals surface area contributed by atoms with Crippen LogP contribution in [0.25, 0.3) is 22.4 Å². The SMILES string of the molecule is CC(=O)Nc1ccc(-c2c(C#N)c(N)nc3c2Cc2cc(O)ccc2-3)cc1.